The largest absolute Gasteiger partial charge is 0.497 e. The number of carbonyl (C=O) groups excluding carboxylic acids is 2. The van der Waals surface area contributed by atoms with E-state index >= 15 is 0 Å². The fourth-order valence-corrected chi connectivity index (χ4v) is 2.88. The fraction of sp³-hybridized carbons (Fsp3) is 0.300. The van der Waals surface area contributed by atoms with Crippen LogP contribution in [0.1, 0.15) is 12.0 Å². The van der Waals surface area contributed by atoms with Crippen molar-refractivity contribution >= 4 is 17.5 Å². The third kappa shape index (κ3) is 4.44. The highest BCUT2D eigenvalue weighted by Gasteiger charge is 2.48. The first-order valence-electron chi connectivity index (χ1n) is 8.75. The monoisotopic (exact) mass is 392 g/mol. The molecule has 1 saturated carbocycles. The molecule has 2 atom stereocenters. The van der Waals surface area contributed by atoms with Gasteiger partial charge in [-0.1, -0.05) is 12.1 Å². The summed E-state index contributed by atoms with van der Waals surface area (Å²) in [5.41, 5.74) is 0.578. The number of benzene rings is 2. The first-order valence-corrected chi connectivity index (χ1v) is 8.75. The number of ether oxygens (including phenoxy) is 1. The molecule has 2 aromatic rings. The zero-order chi connectivity index (χ0) is 20.3. The van der Waals surface area contributed by atoms with Gasteiger partial charge in [-0.2, -0.15) is 0 Å². The highest BCUT2D eigenvalue weighted by atomic mass is 19.2. The molecular formula is C20H19F3N2O3. The summed E-state index contributed by atoms with van der Waals surface area (Å²) in [4.78, 5) is 24.2. The molecule has 0 aliphatic heterocycles. The Hall–Kier alpha value is -3.03. The van der Waals surface area contributed by atoms with Crippen LogP contribution in [-0.4, -0.2) is 25.5 Å². The van der Waals surface area contributed by atoms with Crippen LogP contribution in [0, 0.1) is 29.3 Å². The molecule has 0 aromatic heterocycles. The van der Waals surface area contributed by atoms with E-state index in [-0.39, 0.29) is 5.91 Å². The number of amides is 2. The molecule has 3 rings (SSSR count). The minimum atomic E-state index is -1.65. The zero-order valence-electron chi connectivity index (χ0n) is 15.1. The zero-order valence-corrected chi connectivity index (χ0v) is 15.1. The van der Waals surface area contributed by atoms with Crippen molar-refractivity contribution in [2.24, 2.45) is 11.8 Å². The van der Waals surface area contributed by atoms with E-state index in [1.165, 1.54) is 0 Å². The maximum absolute atomic E-state index is 13.6. The van der Waals surface area contributed by atoms with Crippen LogP contribution in [0.15, 0.2) is 36.4 Å². The van der Waals surface area contributed by atoms with Crippen LogP contribution in [0.25, 0.3) is 0 Å². The lowest BCUT2D eigenvalue weighted by Gasteiger charge is -2.08. The molecule has 1 aliphatic rings. The van der Waals surface area contributed by atoms with Crippen LogP contribution in [0.4, 0.5) is 18.9 Å². The van der Waals surface area contributed by atoms with Gasteiger partial charge in [0.25, 0.3) is 0 Å². The molecular weight excluding hydrogens is 373 g/mol. The summed E-state index contributed by atoms with van der Waals surface area (Å²) in [6, 6.07) is 9.12. The number of hydrogen-bond donors (Lipinski definition) is 2. The molecule has 2 amide bonds. The average Bonchev–Trinajstić information content (AvgIpc) is 3.50. The van der Waals surface area contributed by atoms with Crippen molar-refractivity contribution in [2.75, 3.05) is 19.0 Å². The van der Waals surface area contributed by atoms with Crippen LogP contribution in [0.2, 0.25) is 0 Å². The van der Waals surface area contributed by atoms with Crippen molar-refractivity contribution in [3.05, 3.63) is 59.4 Å². The number of anilines is 1. The SMILES string of the molecule is COc1ccc(CCNC(=O)C2CC2C(=O)Nc2ccc(F)c(F)c2F)cc1. The molecule has 0 spiro atoms. The second kappa shape index (κ2) is 8.33. The smallest absolute Gasteiger partial charge is 0.228 e. The number of methoxy groups -OCH3 is 1. The van der Waals surface area contributed by atoms with Crippen LogP contribution in [-0.2, 0) is 16.0 Å². The fourth-order valence-electron chi connectivity index (χ4n) is 2.88. The minimum absolute atomic E-state index is 0.264. The lowest BCUT2D eigenvalue weighted by atomic mass is 10.1. The number of halogens is 3. The molecule has 28 heavy (non-hydrogen) atoms. The normalized spacial score (nSPS) is 17.7. The Morgan fingerprint density at radius 2 is 1.68 bits per heavy atom. The summed E-state index contributed by atoms with van der Waals surface area (Å²) in [6.07, 6.45) is 0.949. The van der Waals surface area contributed by atoms with Crippen molar-refractivity contribution in [3.8, 4) is 5.75 Å². The van der Waals surface area contributed by atoms with E-state index in [1.54, 1.807) is 7.11 Å². The summed E-state index contributed by atoms with van der Waals surface area (Å²) in [5.74, 6) is -5.69. The second-order valence-electron chi connectivity index (χ2n) is 6.55. The molecule has 2 unspecified atom stereocenters. The van der Waals surface area contributed by atoms with Crippen molar-refractivity contribution in [3.63, 3.8) is 0 Å². The number of nitrogens with one attached hydrogen (secondary N) is 2. The van der Waals surface area contributed by atoms with Gasteiger partial charge in [0.15, 0.2) is 17.5 Å². The van der Waals surface area contributed by atoms with Crippen LogP contribution < -0.4 is 15.4 Å². The minimum Gasteiger partial charge on any atom is -0.497 e. The van der Waals surface area contributed by atoms with Gasteiger partial charge in [0.1, 0.15) is 5.75 Å². The molecule has 2 N–H and O–H groups in total. The van der Waals surface area contributed by atoms with Gasteiger partial charge in [0.05, 0.1) is 24.6 Å². The molecule has 2 aromatic carbocycles. The summed E-state index contributed by atoms with van der Waals surface area (Å²) >= 11 is 0. The Morgan fingerprint density at radius 3 is 2.36 bits per heavy atom. The quantitative estimate of drug-likeness (QED) is 0.712. The van der Waals surface area contributed by atoms with Crippen molar-refractivity contribution < 1.29 is 27.5 Å². The highest BCUT2D eigenvalue weighted by Crippen LogP contribution is 2.39. The average molecular weight is 392 g/mol. The molecule has 0 heterocycles. The summed E-state index contributed by atoms with van der Waals surface area (Å²) in [7, 11) is 1.58. The number of hydrogen-bond acceptors (Lipinski definition) is 3. The van der Waals surface area contributed by atoms with Crippen LogP contribution in [0.5, 0.6) is 5.75 Å². The van der Waals surface area contributed by atoms with E-state index in [0.29, 0.717) is 19.4 Å². The molecule has 0 saturated heterocycles. The molecule has 5 nitrogen and oxygen atoms in total. The van der Waals surface area contributed by atoms with Crippen molar-refractivity contribution in [1.29, 1.82) is 0 Å². The number of carbonyl (C=O) groups is 2. The van der Waals surface area contributed by atoms with E-state index in [1.807, 2.05) is 24.3 Å². The molecule has 0 radical (unpaired) electrons. The Bertz CT molecular complexity index is 887. The van der Waals surface area contributed by atoms with Gasteiger partial charge in [-0.05, 0) is 42.7 Å². The van der Waals surface area contributed by atoms with Gasteiger partial charge in [-0.3, -0.25) is 9.59 Å². The topological polar surface area (TPSA) is 67.4 Å². The third-order valence-corrected chi connectivity index (χ3v) is 4.63. The van der Waals surface area contributed by atoms with Crippen LogP contribution in [0.3, 0.4) is 0 Å². The van der Waals surface area contributed by atoms with Crippen LogP contribution >= 0.6 is 0 Å². The predicted octanol–water partition coefficient (Wildman–Crippen LogP) is 3.05. The predicted molar refractivity (Wildman–Crippen MR) is 96.3 cm³/mol. The van der Waals surface area contributed by atoms with E-state index in [9.17, 15) is 22.8 Å². The molecule has 148 valence electrons. The first-order chi connectivity index (χ1) is 13.4. The number of rotatable bonds is 7. The Morgan fingerprint density at radius 1 is 1.00 bits per heavy atom. The Balaban J connectivity index is 1.45. The molecule has 1 fully saturated rings. The van der Waals surface area contributed by atoms with E-state index < -0.39 is 40.9 Å². The van der Waals surface area contributed by atoms with Crippen molar-refractivity contribution in [2.45, 2.75) is 12.8 Å². The van der Waals surface area contributed by atoms with Gasteiger partial charge in [-0.15, -0.1) is 0 Å². The van der Waals surface area contributed by atoms with E-state index in [4.69, 9.17) is 4.74 Å². The van der Waals surface area contributed by atoms with Gasteiger partial charge >= 0.3 is 0 Å². The first kappa shape index (κ1) is 19.7. The van der Waals surface area contributed by atoms with Gasteiger partial charge < -0.3 is 15.4 Å². The molecule has 1 aliphatic carbocycles. The van der Waals surface area contributed by atoms with Gasteiger partial charge in [0.2, 0.25) is 11.8 Å². The Kier molecular flexibility index (Phi) is 5.87. The van der Waals surface area contributed by atoms with Gasteiger partial charge in [-0.25, -0.2) is 13.2 Å². The molecule has 0 bridgehead atoms. The lowest BCUT2D eigenvalue weighted by Crippen LogP contribution is -2.29. The van der Waals surface area contributed by atoms with Crippen molar-refractivity contribution in [1.82, 2.24) is 5.32 Å². The molecule has 8 heteroatoms. The highest BCUT2D eigenvalue weighted by molar-refractivity contribution is 5.99. The maximum atomic E-state index is 13.6. The lowest BCUT2D eigenvalue weighted by molar-refractivity contribution is -0.125. The van der Waals surface area contributed by atoms with E-state index in [2.05, 4.69) is 10.6 Å². The maximum Gasteiger partial charge on any atom is 0.228 e. The van der Waals surface area contributed by atoms with E-state index in [0.717, 1.165) is 23.4 Å². The van der Waals surface area contributed by atoms with Gasteiger partial charge in [0, 0.05) is 6.54 Å². The second-order valence-corrected chi connectivity index (χ2v) is 6.55. The third-order valence-electron chi connectivity index (χ3n) is 4.63. The summed E-state index contributed by atoms with van der Waals surface area (Å²) in [6.45, 7) is 0.411. The Labute approximate surface area is 159 Å². The summed E-state index contributed by atoms with van der Waals surface area (Å²) < 4.78 is 44.8. The standard InChI is InChI=1S/C20H19F3N2O3/c1-28-12-4-2-11(3-5-12)8-9-24-19(26)13-10-14(13)20(27)25-16-7-6-15(21)17(22)18(16)23/h2-7,13-14H,8-10H2,1H3,(H,24,26)(H,25,27). The summed E-state index contributed by atoms with van der Waals surface area (Å²) in [5, 5.41) is 4.97.